The molecule has 2 saturated heterocycles. The Hall–Kier alpha value is -4.08. The number of rotatable bonds is 8. The maximum Gasteiger partial charge on any atom is 0.410 e. The van der Waals surface area contributed by atoms with Crippen molar-refractivity contribution in [1.82, 2.24) is 9.80 Å². The Kier molecular flexibility index (Phi) is 10.8. The smallest absolute Gasteiger partial charge is 0.410 e. The lowest BCUT2D eigenvalue weighted by Crippen LogP contribution is -2.45. The lowest BCUT2D eigenvalue weighted by atomic mass is 10.0. The molecule has 0 unspecified atom stereocenters. The zero-order chi connectivity index (χ0) is 32.8. The van der Waals surface area contributed by atoms with Gasteiger partial charge in [0, 0.05) is 24.5 Å². The lowest BCUT2D eigenvalue weighted by molar-refractivity contribution is -0.121. The quantitative estimate of drug-likeness (QED) is 0.346. The van der Waals surface area contributed by atoms with E-state index in [4.69, 9.17) is 9.47 Å². The van der Waals surface area contributed by atoms with Crippen LogP contribution in [0.1, 0.15) is 84.8 Å². The molecular weight excluding hydrogens is 572 g/mol. The number of anilines is 2. The normalized spacial score (nSPS) is 18.4. The van der Waals surface area contributed by atoms with Crippen molar-refractivity contribution in [3.63, 3.8) is 0 Å². The van der Waals surface area contributed by atoms with Crippen molar-refractivity contribution in [1.29, 1.82) is 0 Å². The second-order valence-corrected chi connectivity index (χ2v) is 13.9. The number of carbonyl (C=O) groups is 4. The molecule has 2 aliphatic heterocycles. The van der Waals surface area contributed by atoms with Gasteiger partial charge in [-0.05, 0) is 122 Å². The zero-order valence-corrected chi connectivity index (χ0v) is 27.5. The Bertz CT molecular complexity index is 1240. The molecule has 10 nitrogen and oxygen atoms in total. The van der Waals surface area contributed by atoms with Gasteiger partial charge in [-0.15, -0.1) is 0 Å². The van der Waals surface area contributed by atoms with E-state index in [1.54, 1.807) is 0 Å². The molecule has 0 bridgehead atoms. The predicted molar refractivity (Wildman–Crippen MR) is 174 cm³/mol. The summed E-state index contributed by atoms with van der Waals surface area (Å²) in [6.07, 6.45) is 4.56. The van der Waals surface area contributed by atoms with Crippen molar-refractivity contribution in [2.75, 3.05) is 23.7 Å². The van der Waals surface area contributed by atoms with Crippen LogP contribution in [-0.2, 0) is 31.9 Å². The fraction of sp³-hybridized carbons (Fsp3) is 0.543. The second-order valence-electron chi connectivity index (χ2n) is 13.9. The van der Waals surface area contributed by atoms with Gasteiger partial charge in [0.05, 0.1) is 0 Å². The third-order valence-electron chi connectivity index (χ3n) is 7.74. The number of aryl methyl sites for hydroxylation is 2. The lowest BCUT2D eigenvalue weighted by Gasteiger charge is -2.28. The molecule has 45 heavy (non-hydrogen) atoms. The minimum absolute atomic E-state index is 0.200. The van der Waals surface area contributed by atoms with Crippen LogP contribution in [0.3, 0.4) is 0 Å². The molecule has 0 spiro atoms. The van der Waals surface area contributed by atoms with Crippen molar-refractivity contribution >= 4 is 35.4 Å². The molecular formula is C35H48N4O6. The number of hydrogen-bond acceptors (Lipinski definition) is 6. The van der Waals surface area contributed by atoms with Gasteiger partial charge in [0.15, 0.2) is 0 Å². The molecule has 2 aromatic rings. The molecule has 10 heteroatoms. The summed E-state index contributed by atoms with van der Waals surface area (Å²) in [6.45, 7) is 11.9. The SMILES string of the molecule is CC(C)(C)OC(=O)N1CCC[C@H]1C(=O)Nc1ccc(CCCc2ccc(NC(=O)[C@@H]3CCCN3C(=O)OC(C)(C)C)cc2)cc1. The maximum absolute atomic E-state index is 12.9. The van der Waals surface area contributed by atoms with E-state index in [0.29, 0.717) is 37.3 Å². The topological polar surface area (TPSA) is 117 Å². The van der Waals surface area contributed by atoms with Gasteiger partial charge in [-0.2, -0.15) is 0 Å². The number of benzene rings is 2. The van der Waals surface area contributed by atoms with E-state index in [2.05, 4.69) is 10.6 Å². The number of amides is 4. The van der Waals surface area contributed by atoms with Crippen molar-refractivity contribution in [2.45, 2.75) is 110 Å². The van der Waals surface area contributed by atoms with E-state index in [-0.39, 0.29) is 11.8 Å². The van der Waals surface area contributed by atoms with E-state index >= 15 is 0 Å². The zero-order valence-electron chi connectivity index (χ0n) is 27.5. The fourth-order valence-electron chi connectivity index (χ4n) is 5.61. The van der Waals surface area contributed by atoms with Crippen molar-refractivity contribution in [2.24, 2.45) is 0 Å². The molecule has 0 radical (unpaired) electrons. The average Bonchev–Trinajstić information content (AvgIpc) is 3.64. The highest BCUT2D eigenvalue weighted by molar-refractivity contribution is 5.97. The molecule has 244 valence electrons. The minimum atomic E-state index is -0.610. The molecule has 2 aromatic carbocycles. The van der Waals surface area contributed by atoms with Gasteiger partial charge in [0.1, 0.15) is 23.3 Å². The highest BCUT2D eigenvalue weighted by Crippen LogP contribution is 2.24. The van der Waals surface area contributed by atoms with E-state index < -0.39 is 35.5 Å². The molecule has 2 fully saturated rings. The maximum atomic E-state index is 12.9. The number of nitrogens with zero attached hydrogens (tertiary/aromatic N) is 2. The Morgan fingerprint density at radius 1 is 0.644 bits per heavy atom. The Morgan fingerprint density at radius 3 is 1.33 bits per heavy atom. The summed E-state index contributed by atoms with van der Waals surface area (Å²) < 4.78 is 10.9. The molecule has 2 atom stereocenters. The molecule has 2 aliphatic rings. The second kappa shape index (κ2) is 14.3. The largest absolute Gasteiger partial charge is 0.444 e. The summed E-state index contributed by atoms with van der Waals surface area (Å²) in [7, 11) is 0. The minimum Gasteiger partial charge on any atom is -0.444 e. The average molecular weight is 621 g/mol. The fourth-order valence-corrected chi connectivity index (χ4v) is 5.61. The number of carbonyl (C=O) groups excluding carboxylic acids is 4. The number of hydrogen-bond donors (Lipinski definition) is 2. The summed E-state index contributed by atoms with van der Waals surface area (Å²) in [5.74, 6) is -0.399. The van der Waals surface area contributed by atoms with Crippen LogP contribution in [0.25, 0.3) is 0 Å². The molecule has 0 aromatic heterocycles. The summed E-state index contributed by atoms with van der Waals surface area (Å²) in [6, 6.07) is 14.6. The van der Waals surface area contributed by atoms with Gasteiger partial charge in [0.25, 0.3) is 0 Å². The summed E-state index contributed by atoms with van der Waals surface area (Å²) >= 11 is 0. The third-order valence-corrected chi connectivity index (χ3v) is 7.74. The predicted octanol–water partition coefficient (Wildman–Crippen LogP) is 6.54. The first-order valence-corrected chi connectivity index (χ1v) is 16.0. The van der Waals surface area contributed by atoms with Crippen LogP contribution in [0.4, 0.5) is 21.0 Å². The van der Waals surface area contributed by atoms with E-state index in [1.807, 2.05) is 90.1 Å². The number of nitrogens with one attached hydrogen (secondary N) is 2. The van der Waals surface area contributed by atoms with Gasteiger partial charge in [0.2, 0.25) is 11.8 Å². The number of ether oxygens (including phenoxy) is 2. The first kappa shape index (κ1) is 33.8. The first-order chi connectivity index (χ1) is 21.2. The molecule has 0 saturated carbocycles. The van der Waals surface area contributed by atoms with Gasteiger partial charge >= 0.3 is 12.2 Å². The van der Waals surface area contributed by atoms with Crippen LogP contribution in [-0.4, -0.2) is 70.2 Å². The third kappa shape index (κ3) is 9.96. The van der Waals surface area contributed by atoms with Crippen molar-refractivity contribution in [3.8, 4) is 0 Å². The van der Waals surface area contributed by atoms with E-state index in [9.17, 15) is 19.2 Å². The number of likely N-dealkylation sites (tertiary alicyclic amines) is 2. The highest BCUT2D eigenvalue weighted by Gasteiger charge is 2.37. The van der Waals surface area contributed by atoms with Crippen LogP contribution in [0, 0.1) is 0 Å². The monoisotopic (exact) mass is 620 g/mol. The van der Waals surface area contributed by atoms with Crippen molar-refractivity contribution < 1.29 is 28.7 Å². The molecule has 0 aliphatic carbocycles. The van der Waals surface area contributed by atoms with Gasteiger partial charge in [-0.1, -0.05) is 24.3 Å². The van der Waals surface area contributed by atoms with Gasteiger partial charge < -0.3 is 20.1 Å². The van der Waals surface area contributed by atoms with E-state index in [0.717, 1.165) is 32.1 Å². The van der Waals surface area contributed by atoms with Crippen molar-refractivity contribution in [3.05, 3.63) is 59.7 Å². The van der Waals surface area contributed by atoms with Crippen LogP contribution < -0.4 is 10.6 Å². The first-order valence-electron chi connectivity index (χ1n) is 16.0. The molecule has 2 N–H and O–H groups in total. The Balaban J connectivity index is 1.21. The van der Waals surface area contributed by atoms with E-state index in [1.165, 1.54) is 20.9 Å². The Labute approximate surface area is 266 Å². The standard InChI is InChI=1S/C35H48N4O6/c1-34(2,3)44-32(42)38-22-8-12-28(38)30(40)36-26-18-14-24(15-19-26)10-7-11-25-16-20-27(21-17-25)37-31(41)29-13-9-23-39(29)33(43)45-35(4,5)6/h14-21,28-29H,7-13,22-23H2,1-6H3,(H,36,40)(H,37,41)/t28-,29-/m0/s1. The van der Waals surface area contributed by atoms with Crippen LogP contribution in [0.2, 0.25) is 0 Å². The highest BCUT2D eigenvalue weighted by atomic mass is 16.6. The molecule has 4 rings (SSSR count). The molecule has 2 heterocycles. The summed E-state index contributed by atoms with van der Waals surface area (Å²) in [5, 5.41) is 5.90. The van der Waals surface area contributed by atoms with Gasteiger partial charge in [-0.25, -0.2) is 9.59 Å². The Morgan fingerprint density at radius 2 is 1.00 bits per heavy atom. The van der Waals surface area contributed by atoms with Gasteiger partial charge in [-0.3, -0.25) is 19.4 Å². The van der Waals surface area contributed by atoms with Crippen LogP contribution >= 0.6 is 0 Å². The molecule has 4 amide bonds. The van der Waals surface area contributed by atoms with Crippen LogP contribution in [0.5, 0.6) is 0 Å². The summed E-state index contributed by atoms with van der Waals surface area (Å²) in [5.41, 5.74) is 2.51. The van der Waals surface area contributed by atoms with Crippen LogP contribution in [0.15, 0.2) is 48.5 Å². The summed E-state index contributed by atoms with van der Waals surface area (Å²) in [4.78, 5) is 54.0.